The van der Waals surface area contributed by atoms with E-state index in [1.54, 1.807) is 0 Å². The fourth-order valence-electron chi connectivity index (χ4n) is 3.44. The highest BCUT2D eigenvalue weighted by molar-refractivity contribution is 14.0. The zero-order valence-electron chi connectivity index (χ0n) is 17.9. The van der Waals surface area contributed by atoms with E-state index in [0.29, 0.717) is 13.2 Å². The van der Waals surface area contributed by atoms with E-state index in [9.17, 15) is 4.79 Å². The first-order valence-corrected chi connectivity index (χ1v) is 10.5. The first-order chi connectivity index (χ1) is 13.5. The molecule has 2 rings (SSSR count). The van der Waals surface area contributed by atoms with Crippen LogP contribution in [0.5, 0.6) is 0 Å². The Bertz CT molecular complexity index is 647. The second kappa shape index (κ2) is 13.3. The number of benzene rings is 1. The fraction of sp³-hybridized carbons (Fsp3) is 0.619. The molecule has 0 radical (unpaired) electrons. The molecule has 1 aromatic carbocycles. The van der Waals surface area contributed by atoms with Crippen LogP contribution in [0.25, 0.3) is 0 Å². The van der Waals surface area contributed by atoms with E-state index in [1.165, 1.54) is 5.56 Å². The van der Waals surface area contributed by atoms with Crippen molar-refractivity contribution in [2.75, 3.05) is 46.9 Å². The van der Waals surface area contributed by atoms with Crippen LogP contribution in [0.1, 0.15) is 38.3 Å². The van der Waals surface area contributed by atoms with Crippen LogP contribution in [0.4, 0.5) is 0 Å². The quantitative estimate of drug-likeness (QED) is 0.249. The Labute approximate surface area is 197 Å². The predicted molar refractivity (Wildman–Crippen MR) is 130 cm³/mol. The van der Waals surface area contributed by atoms with Gasteiger partial charge < -0.3 is 19.9 Å². The summed E-state index contributed by atoms with van der Waals surface area (Å²) in [5, 5.41) is 4.14. The van der Waals surface area contributed by atoms with E-state index in [4.69, 9.17) is 21.3 Å². The molecule has 0 aliphatic carbocycles. The van der Waals surface area contributed by atoms with Crippen LogP contribution < -0.4 is 5.32 Å². The summed E-state index contributed by atoms with van der Waals surface area (Å²) in [5.74, 6) is 0.841. The average molecular weight is 537 g/mol. The van der Waals surface area contributed by atoms with Gasteiger partial charge >= 0.3 is 5.97 Å². The minimum absolute atomic E-state index is 0. The molecule has 164 valence electrons. The molecule has 29 heavy (non-hydrogen) atoms. The van der Waals surface area contributed by atoms with Crippen molar-refractivity contribution >= 4 is 47.5 Å². The SMILES string of the molecule is CCNC(=NCC(c1ccc(Cl)cc1)N(C)C)N1CCC(C(=O)OCC)CC1.I. The first-order valence-electron chi connectivity index (χ1n) is 10.1. The van der Waals surface area contributed by atoms with E-state index in [2.05, 4.69) is 48.3 Å². The monoisotopic (exact) mass is 536 g/mol. The third kappa shape index (κ3) is 7.94. The molecule has 0 saturated carbocycles. The molecule has 6 nitrogen and oxygen atoms in total. The molecule has 8 heteroatoms. The lowest BCUT2D eigenvalue weighted by Crippen LogP contribution is -2.47. The van der Waals surface area contributed by atoms with Crippen LogP contribution in [0.3, 0.4) is 0 Å². The number of nitrogens with one attached hydrogen (secondary N) is 1. The Morgan fingerprint density at radius 3 is 2.41 bits per heavy atom. The van der Waals surface area contributed by atoms with E-state index in [-0.39, 0.29) is 41.9 Å². The summed E-state index contributed by atoms with van der Waals surface area (Å²) in [6.45, 7) is 7.44. The van der Waals surface area contributed by atoms with Crippen LogP contribution in [0.15, 0.2) is 29.3 Å². The number of halogens is 2. The Morgan fingerprint density at radius 1 is 1.28 bits per heavy atom. The number of likely N-dealkylation sites (N-methyl/N-ethyl adjacent to an activating group) is 1. The molecular formula is C21H34ClIN4O2. The largest absolute Gasteiger partial charge is 0.466 e. The number of guanidine groups is 1. The first kappa shape index (κ1) is 26.0. The van der Waals surface area contributed by atoms with Gasteiger partial charge in [-0.25, -0.2) is 0 Å². The third-order valence-corrected chi connectivity index (χ3v) is 5.29. The highest BCUT2D eigenvalue weighted by atomic mass is 127. The van der Waals surface area contributed by atoms with E-state index >= 15 is 0 Å². The summed E-state index contributed by atoms with van der Waals surface area (Å²) < 4.78 is 5.17. The molecule has 0 bridgehead atoms. The standard InChI is InChI=1S/C21H33ClN4O2.HI/c1-5-23-21(26-13-11-17(12-14-26)20(27)28-6-2)24-15-19(25(3)4)16-7-9-18(22)10-8-16;/h7-10,17,19H,5-6,11-15H2,1-4H3,(H,23,24);1H. The Hall–Kier alpha value is -1.06. The molecule has 0 spiro atoms. The van der Waals surface area contributed by atoms with Crippen molar-refractivity contribution < 1.29 is 9.53 Å². The number of likely N-dealkylation sites (tertiary alicyclic amines) is 1. The molecule has 0 amide bonds. The van der Waals surface area contributed by atoms with Crippen LogP contribution in [0, 0.1) is 5.92 Å². The number of hydrogen-bond donors (Lipinski definition) is 1. The third-order valence-electron chi connectivity index (χ3n) is 5.04. The van der Waals surface area contributed by atoms with E-state index < -0.39 is 0 Å². The molecule has 1 N–H and O–H groups in total. The number of nitrogens with zero attached hydrogens (tertiary/aromatic N) is 3. The number of piperidine rings is 1. The molecule has 1 saturated heterocycles. The molecule has 1 aliphatic heterocycles. The highest BCUT2D eigenvalue weighted by Gasteiger charge is 2.27. The number of hydrogen-bond acceptors (Lipinski definition) is 4. The smallest absolute Gasteiger partial charge is 0.309 e. The van der Waals surface area contributed by atoms with Gasteiger partial charge in [0, 0.05) is 24.7 Å². The number of aliphatic imine (C=N–C) groups is 1. The summed E-state index contributed by atoms with van der Waals surface area (Å²) in [6.07, 6.45) is 1.61. The van der Waals surface area contributed by atoms with Gasteiger partial charge in [-0.2, -0.15) is 0 Å². The van der Waals surface area contributed by atoms with Gasteiger partial charge in [-0.1, -0.05) is 23.7 Å². The molecular weight excluding hydrogens is 503 g/mol. The molecule has 1 fully saturated rings. The summed E-state index contributed by atoms with van der Waals surface area (Å²) in [7, 11) is 4.12. The maximum atomic E-state index is 12.0. The van der Waals surface area contributed by atoms with Gasteiger partial charge in [0.2, 0.25) is 0 Å². The Kier molecular flexibility index (Phi) is 11.9. The predicted octanol–water partition coefficient (Wildman–Crippen LogP) is 3.80. The Balaban J connectivity index is 0.00000420. The second-order valence-corrected chi connectivity index (χ2v) is 7.68. The topological polar surface area (TPSA) is 57.2 Å². The lowest BCUT2D eigenvalue weighted by Gasteiger charge is -2.34. The maximum absolute atomic E-state index is 12.0. The number of carbonyl (C=O) groups is 1. The van der Waals surface area contributed by atoms with Gasteiger partial charge in [-0.05, 0) is 58.5 Å². The van der Waals surface area contributed by atoms with Crippen molar-refractivity contribution in [2.24, 2.45) is 10.9 Å². The van der Waals surface area contributed by atoms with Crippen molar-refractivity contribution in [2.45, 2.75) is 32.7 Å². The lowest BCUT2D eigenvalue weighted by molar-refractivity contribution is -0.149. The van der Waals surface area contributed by atoms with Crippen molar-refractivity contribution in [3.63, 3.8) is 0 Å². The number of rotatable bonds is 7. The van der Waals surface area contributed by atoms with Gasteiger partial charge in [0.15, 0.2) is 5.96 Å². The molecule has 1 aromatic rings. The van der Waals surface area contributed by atoms with Crippen molar-refractivity contribution in [3.8, 4) is 0 Å². The van der Waals surface area contributed by atoms with Crippen LogP contribution in [-0.2, 0) is 9.53 Å². The van der Waals surface area contributed by atoms with Crippen molar-refractivity contribution in [3.05, 3.63) is 34.9 Å². The highest BCUT2D eigenvalue weighted by Crippen LogP contribution is 2.22. The van der Waals surface area contributed by atoms with Gasteiger partial charge in [0.25, 0.3) is 0 Å². The normalized spacial score (nSPS) is 16.3. The molecule has 1 heterocycles. The van der Waals surface area contributed by atoms with Gasteiger partial charge in [-0.15, -0.1) is 24.0 Å². The molecule has 1 unspecified atom stereocenters. The zero-order valence-corrected chi connectivity index (χ0v) is 20.9. The van der Waals surface area contributed by atoms with E-state index in [0.717, 1.165) is 43.5 Å². The number of esters is 1. The van der Waals surface area contributed by atoms with Crippen molar-refractivity contribution in [1.82, 2.24) is 15.1 Å². The van der Waals surface area contributed by atoms with Crippen LogP contribution >= 0.6 is 35.6 Å². The van der Waals surface area contributed by atoms with Crippen molar-refractivity contribution in [1.29, 1.82) is 0 Å². The van der Waals surface area contributed by atoms with Crippen LogP contribution in [-0.4, -0.2) is 68.6 Å². The minimum atomic E-state index is -0.0699. The summed E-state index contributed by atoms with van der Waals surface area (Å²) >= 11 is 6.03. The summed E-state index contributed by atoms with van der Waals surface area (Å²) in [6, 6.07) is 8.12. The number of ether oxygens (including phenoxy) is 1. The average Bonchev–Trinajstić information content (AvgIpc) is 2.69. The summed E-state index contributed by atoms with van der Waals surface area (Å²) in [4.78, 5) is 21.3. The van der Waals surface area contributed by atoms with Gasteiger partial charge in [-0.3, -0.25) is 9.79 Å². The molecule has 1 atom stereocenters. The van der Waals surface area contributed by atoms with E-state index in [1.807, 2.05) is 19.1 Å². The lowest BCUT2D eigenvalue weighted by atomic mass is 9.97. The fourth-order valence-corrected chi connectivity index (χ4v) is 3.56. The van der Waals surface area contributed by atoms with Gasteiger partial charge in [0.05, 0.1) is 25.1 Å². The summed E-state index contributed by atoms with van der Waals surface area (Å²) in [5.41, 5.74) is 1.19. The van der Waals surface area contributed by atoms with Gasteiger partial charge in [0.1, 0.15) is 0 Å². The molecule has 0 aromatic heterocycles. The Morgan fingerprint density at radius 2 is 1.90 bits per heavy atom. The minimum Gasteiger partial charge on any atom is -0.466 e. The maximum Gasteiger partial charge on any atom is 0.309 e. The zero-order chi connectivity index (χ0) is 20.5. The van der Waals surface area contributed by atoms with Crippen LogP contribution in [0.2, 0.25) is 5.02 Å². The second-order valence-electron chi connectivity index (χ2n) is 7.24. The molecule has 1 aliphatic rings. The number of carbonyl (C=O) groups excluding carboxylic acids is 1.